The summed E-state index contributed by atoms with van der Waals surface area (Å²) >= 11 is 6.29. The number of benzene rings is 2. The Labute approximate surface area is 160 Å². The highest BCUT2D eigenvalue weighted by molar-refractivity contribution is 6.31. The molecule has 0 fully saturated rings. The van der Waals surface area contributed by atoms with Crippen molar-refractivity contribution in [3.8, 4) is 17.1 Å². The van der Waals surface area contributed by atoms with Crippen molar-refractivity contribution < 1.29 is 4.74 Å². The van der Waals surface area contributed by atoms with Gasteiger partial charge >= 0.3 is 0 Å². The molecule has 0 bridgehead atoms. The Bertz CT molecular complexity index is 1150. The Balaban J connectivity index is 1.65. The van der Waals surface area contributed by atoms with E-state index in [1.54, 1.807) is 7.11 Å². The van der Waals surface area contributed by atoms with Crippen LogP contribution in [0.3, 0.4) is 0 Å². The van der Waals surface area contributed by atoms with Gasteiger partial charge in [-0.15, -0.1) is 0 Å². The molecule has 0 aliphatic rings. The zero-order valence-corrected chi connectivity index (χ0v) is 15.4. The predicted octanol–water partition coefficient (Wildman–Crippen LogP) is 3.53. The first-order chi connectivity index (χ1) is 13.2. The van der Waals surface area contributed by atoms with Crippen molar-refractivity contribution in [2.45, 2.75) is 12.8 Å². The topological polar surface area (TPSA) is 72.3 Å². The van der Waals surface area contributed by atoms with Crippen molar-refractivity contribution in [1.29, 1.82) is 0 Å². The molecule has 0 spiro atoms. The Morgan fingerprint density at radius 2 is 1.89 bits per heavy atom. The maximum absolute atomic E-state index is 12.4. The van der Waals surface area contributed by atoms with Crippen molar-refractivity contribution >= 4 is 17.4 Å². The van der Waals surface area contributed by atoms with Gasteiger partial charge < -0.3 is 4.74 Å². The minimum absolute atomic E-state index is 0.198. The number of hydrogen-bond donors (Lipinski definition) is 1. The monoisotopic (exact) mass is 380 g/mol. The van der Waals surface area contributed by atoms with Crippen LogP contribution in [0.25, 0.3) is 17.2 Å². The van der Waals surface area contributed by atoms with E-state index >= 15 is 0 Å². The lowest BCUT2D eigenvalue weighted by Crippen LogP contribution is -2.16. The number of rotatable bonds is 5. The lowest BCUT2D eigenvalue weighted by atomic mass is 10.1. The van der Waals surface area contributed by atoms with Crippen LogP contribution in [0.2, 0.25) is 5.02 Å². The number of aromatic amines is 1. The van der Waals surface area contributed by atoms with Crippen LogP contribution >= 0.6 is 11.6 Å². The molecule has 27 heavy (non-hydrogen) atoms. The molecule has 2 aromatic carbocycles. The SMILES string of the molecule is COc1cccc(Cl)c1CCc1cc(=O)n2[nH]c(-c3ccccc3)nc2n1. The van der Waals surface area contributed by atoms with Gasteiger partial charge in [0.2, 0.25) is 0 Å². The lowest BCUT2D eigenvalue weighted by molar-refractivity contribution is 0.409. The summed E-state index contributed by atoms with van der Waals surface area (Å²) in [6, 6.07) is 16.7. The molecule has 0 saturated heterocycles. The predicted molar refractivity (Wildman–Crippen MR) is 104 cm³/mol. The smallest absolute Gasteiger partial charge is 0.274 e. The Morgan fingerprint density at radius 3 is 2.67 bits per heavy atom. The van der Waals surface area contributed by atoms with E-state index in [4.69, 9.17) is 16.3 Å². The van der Waals surface area contributed by atoms with E-state index in [1.165, 1.54) is 10.6 Å². The first-order valence-electron chi connectivity index (χ1n) is 8.51. The zero-order valence-electron chi connectivity index (χ0n) is 14.6. The van der Waals surface area contributed by atoms with Crippen LogP contribution in [-0.4, -0.2) is 26.7 Å². The van der Waals surface area contributed by atoms with Gasteiger partial charge in [0.15, 0.2) is 5.82 Å². The lowest BCUT2D eigenvalue weighted by Gasteiger charge is -2.09. The van der Waals surface area contributed by atoms with E-state index in [2.05, 4.69) is 15.1 Å². The second kappa shape index (κ2) is 7.25. The van der Waals surface area contributed by atoms with Gasteiger partial charge in [-0.25, -0.2) is 4.98 Å². The quantitative estimate of drug-likeness (QED) is 0.575. The van der Waals surface area contributed by atoms with Gasteiger partial charge in [0, 0.05) is 22.2 Å². The van der Waals surface area contributed by atoms with E-state index in [1.807, 2.05) is 48.5 Å². The second-order valence-corrected chi connectivity index (χ2v) is 6.49. The summed E-state index contributed by atoms with van der Waals surface area (Å²) in [5.74, 6) is 1.68. The van der Waals surface area contributed by atoms with Gasteiger partial charge in [-0.2, -0.15) is 9.50 Å². The number of hydrogen-bond acceptors (Lipinski definition) is 4. The highest BCUT2D eigenvalue weighted by atomic mass is 35.5. The summed E-state index contributed by atoms with van der Waals surface area (Å²) in [4.78, 5) is 21.4. The molecule has 0 radical (unpaired) electrons. The molecule has 1 N–H and O–H groups in total. The first kappa shape index (κ1) is 17.3. The number of aromatic nitrogens is 4. The number of H-pyrrole nitrogens is 1. The molecule has 6 nitrogen and oxygen atoms in total. The molecule has 2 aromatic heterocycles. The third-order valence-electron chi connectivity index (χ3n) is 4.36. The van der Waals surface area contributed by atoms with Crippen LogP contribution in [0, 0.1) is 0 Å². The average Bonchev–Trinajstić information content (AvgIpc) is 3.12. The highest BCUT2D eigenvalue weighted by Gasteiger charge is 2.12. The number of fused-ring (bicyclic) bond motifs is 1. The molecule has 4 aromatic rings. The van der Waals surface area contributed by atoms with Crippen LogP contribution in [0.4, 0.5) is 0 Å². The molecule has 0 aliphatic heterocycles. The van der Waals surface area contributed by atoms with Crippen molar-refractivity contribution in [2.24, 2.45) is 0 Å². The maximum atomic E-state index is 12.4. The summed E-state index contributed by atoms with van der Waals surface area (Å²) in [5, 5.41) is 3.64. The molecule has 0 unspecified atom stereocenters. The summed E-state index contributed by atoms with van der Waals surface area (Å²) in [5.41, 5.74) is 2.25. The van der Waals surface area contributed by atoms with Crippen LogP contribution in [0.5, 0.6) is 5.75 Å². The summed E-state index contributed by atoms with van der Waals surface area (Å²) in [6.07, 6.45) is 1.17. The molecule has 136 valence electrons. The number of methoxy groups -OCH3 is 1. The molecule has 0 atom stereocenters. The largest absolute Gasteiger partial charge is 0.496 e. The summed E-state index contributed by atoms with van der Waals surface area (Å²) in [6.45, 7) is 0. The van der Waals surface area contributed by atoms with Crippen molar-refractivity contribution in [3.05, 3.63) is 81.2 Å². The molecule has 0 amide bonds. The van der Waals surface area contributed by atoms with Gasteiger partial charge in [-0.1, -0.05) is 48.0 Å². The van der Waals surface area contributed by atoms with Crippen LogP contribution in [0.15, 0.2) is 59.4 Å². The van der Waals surface area contributed by atoms with Crippen molar-refractivity contribution in [1.82, 2.24) is 19.6 Å². The molecule has 0 saturated carbocycles. The standard InChI is InChI=1S/C20H17ClN4O2/c1-27-17-9-5-8-16(21)15(17)11-10-14-12-18(26)25-20(22-14)23-19(24-25)13-6-3-2-4-7-13/h2-9,12H,10-11H2,1H3,(H,22,23,24). The fourth-order valence-corrected chi connectivity index (χ4v) is 3.27. The third-order valence-corrected chi connectivity index (χ3v) is 4.71. The Hall–Kier alpha value is -3.12. The van der Waals surface area contributed by atoms with Gasteiger partial charge in [-0.05, 0) is 25.0 Å². The van der Waals surface area contributed by atoms with Gasteiger partial charge in [0.25, 0.3) is 11.3 Å². The molecule has 0 aliphatic carbocycles. The normalized spacial score (nSPS) is 11.0. The number of halogens is 1. The van der Waals surface area contributed by atoms with E-state index in [9.17, 15) is 4.79 Å². The van der Waals surface area contributed by atoms with E-state index in [0.29, 0.717) is 35.2 Å². The molecule has 2 heterocycles. The number of ether oxygens (including phenoxy) is 1. The number of nitrogens with one attached hydrogen (secondary N) is 1. The van der Waals surface area contributed by atoms with Crippen molar-refractivity contribution in [3.63, 3.8) is 0 Å². The molecule has 4 rings (SSSR count). The van der Waals surface area contributed by atoms with Crippen LogP contribution in [0.1, 0.15) is 11.3 Å². The van der Waals surface area contributed by atoms with E-state index < -0.39 is 0 Å². The Morgan fingerprint density at radius 1 is 1.07 bits per heavy atom. The molecular weight excluding hydrogens is 364 g/mol. The van der Waals surface area contributed by atoms with Crippen LogP contribution < -0.4 is 10.3 Å². The van der Waals surface area contributed by atoms with Gasteiger partial charge in [-0.3, -0.25) is 9.89 Å². The second-order valence-electron chi connectivity index (χ2n) is 6.08. The van der Waals surface area contributed by atoms with E-state index in [-0.39, 0.29) is 5.56 Å². The highest BCUT2D eigenvalue weighted by Crippen LogP contribution is 2.27. The zero-order chi connectivity index (χ0) is 18.8. The van der Waals surface area contributed by atoms with Gasteiger partial charge in [0.1, 0.15) is 5.75 Å². The third kappa shape index (κ3) is 3.44. The van der Waals surface area contributed by atoms with Gasteiger partial charge in [0.05, 0.1) is 12.8 Å². The summed E-state index contributed by atoms with van der Waals surface area (Å²) in [7, 11) is 1.61. The number of aryl methyl sites for hydroxylation is 1. The van der Waals surface area contributed by atoms with Crippen molar-refractivity contribution in [2.75, 3.05) is 7.11 Å². The van der Waals surface area contributed by atoms with E-state index in [0.717, 1.165) is 16.9 Å². The number of nitrogens with zero attached hydrogens (tertiary/aromatic N) is 3. The minimum atomic E-state index is -0.198. The average molecular weight is 381 g/mol. The maximum Gasteiger partial charge on any atom is 0.274 e. The summed E-state index contributed by atoms with van der Waals surface area (Å²) < 4.78 is 6.72. The Kier molecular flexibility index (Phi) is 4.64. The fraction of sp³-hybridized carbons (Fsp3) is 0.150. The molecule has 7 heteroatoms. The fourth-order valence-electron chi connectivity index (χ4n) is 3.01. The molecular formula is C20H17ClN4O2. The minimum Gasteiger partial charge on any atom is -0.496 e. The first-order valence-corrected chi connectivity index (χ1v) is 8.89. The van der Waals surface area contributed by atoms with Crippen LogP contribution in [-0.2, 0) is 12.8 Å².